The van der Waals surface area contributed by atoms with Gasteiger partial charge in [0, 0.05) is 19.2 Å². The van der Waals surface area contributed by atoms with E-state index in [0.29, 0.717) is 5.92 Å². The van der Waals surface area contributed by atoms with E-state index in [-0.39, 0.29) is 0 Å². The quantitative estimate of drug-likeness (QED) is 0.883. The molecule has 0 aliphatic rings. The Morgan fingerprint density at radius 1 is 1.33 bits per heavy atom. The Hall–Kier alpha value is -1.35. The molecule has 2 aromatic rings. The number of hydrogen-bond acceptors (Lipinski definition) is 3. The second kappa shape index (κ2) is 5.53. The molecule has 1 aromatic carbocycles. The molecule has 0 aliphatic carbocycles. The topological polar surface area (TPSA) is 24.9 Å². The predicted octanol–water partition coefficient (Wildman–Crippen LogP) is 4.36. The largest absolute Gasteiger partial charge is 0.388 e. The van der Waals surface area contributed by atoms with Crippen LogP contribution in [-0.4, -0.2) is 12.0 Å². The van der Waals surface area contributed by atoms with Crippen LogP contribution in [0.1, 0.15) is 24.5 Å². The van der Waals surface area contributed by atoms with Crippen molar-refractivity contribution in [3.63, 3.8) is 0 Å². The Kier molecular flexibility index (Phi) is 4.02. The molecular weight excluding hydrogens is 240 g/mol. The van der Waals surface area contributed by atoms with E-state index >= 15 is 0 Å². The van der Waals surface area contributed by atoms with E-state index in [1.807, 2.05) is 18.4 Å². The van der Waals surface area contributed by atoms with Crippen molar-refractivity contribution >= 4 is 17.0 Å². The maximum Gasteiger partial charge on any atom is 0.0937 e. The van der Waals surface area contributed by atoms with Crippen molar-refractivity contribution in [3.8, 4) is 10.4 Å². The Balaban J connectivity index is 2.34. The molecule has 1 aromatic heterocycles. The minimum atomic E-state index is 0.659. The Labute approximate surface area is 113 Å². The summed E-state index contributed by atoms with van der Waals surface area (Å²) >= 11 is 1.82. The average Bonchev–Trinajstić information content (AvgIpc) is 2.69. The van der Waals surface area contributed by atoms with Crippen LogP contribution in [-0.2, 0) is 6.42 Å². The molecule has 0 fully saturated rings. The molecule has 2 nitrogen and oxygen atoms in total. The lowest BCUT2D eigenvalue weighted by Gasteiger charge is -2.03. The highest BCUT2D eigenvalue weighted by Gasteiger charge is 2.11. The third kappa shape index (κ3) is 2.91. The minimum absolute atomic E-state index is 0.659. The van der Waals surface area contributed by atoms with Gasteiger partial charge in [-0.3, -0.25) is 0 Å². The van der Waals surface area contributed by atoms with Gasteiger partial charge in [0.15, 0.2) is 0 Å². The zero-order valence-corrected chi connectivity index (χ0v) is 12.3. The fourth-order valence-electron chi connectivity index (χ4n) is 1.97. The molecule has 96 valence electrons. The highest BCUT2D eigenvalue weighted by molar-refractivity contribution is 7.15. The molecular formula is C15H20N2S. The van der Waals surface area contributed by atoms with Crippen LogP contribution in [0.4, 0.5) is 5.69 Å². The SMILES string of the molecule is CNc1cccc(-c2sc(CC(C)C)nc2C)c1. The normalized spacial score (nSPS) is 10.9. The summed E-state index contributed by atoms with van der Waals surface area (Å²) in [4.78, 5) is 5.97. The fraction of sp³-hybridized carbons (Fsp3) is 0.400. The molecule has 0 spiro atoms. The Morgan fingerprint density at radius 2 is 2.11 bits per heavy atom. The van der Waals surface area contributed by atoms with E-state index in [1.165, 1.54) is 15.4 Å². The van der Waals surface area contributed by atoms with Crippen LogP contribution >= 0.6 is 11.3 Å². The van der Waals surface area contributed by atoms with Crippen LogP contribution in [0.5, 0.6) is 0 Å². The zero-order chi connectivity index (χ0) is 13.1. The van der Waals surface area contributed by atoms with Gasteiger partial charge in [-0.15, -0.1) is 11.3 Å². The lowest BCUT2D eigenvalue weighted by atomic mass is 10.1. The van der Waals surface area contributed by atoms with E-state index in [4.69, 9.17) is 0 Å². The average molecular weight is 260 g/mol. The smallest absolute Gasteiger partial charge is 0.0937 e. The molecule has 0 unspecified atom stereocenters. The van der Waals surface area contributed by atoms with E-state index in [9.17, 15) is 0 Å². The van der Waals surface area contributed by atoms with Crippen LogP contribution in [0.15, 0.2) is 24.3 Å². The molecule has 1 N–H and O–H groups in total. The number of anilines is 1. The fourth-order valence-corrected chi connectivity index (χ4v) is 3.25. The predicted molar refractivity (Wildman–Crippen MR) is 80.4 cm³/mol. The number of thiazole rings is 1. The van der Waals surface area contributed by atoms with Crippen molar-refractivity contribution in [2.24, 2.45) is 5.92 Å². The summed E-state index contributed by atoms with van der Waals surface area (Å²) in [6, 6.07) is 8.50. The number of hydrogen-bond donors (Lipinski definition) is 1. The Bertz CT molecular complexity index is 529. The summed E-state index contributed by atoms with van der Waals surface area (Å²) in [6.45, 7) is 6.57. The third-order valence-corrected chi connectivity index (χ3v) is 4.07. The number of rotatable bonds is 4. The first-order chi connectivity index (χ1) is 8.60. The molecule has 18 heavy (non-hydrogen) atoms. The van der Waals surface area contributed by atoms with Gasteiger partial charge in [0.25, 0.3) is 0 Å². The van der Waals surface area contributed by atoms with Crippen LogP contribution in [0.2, 0.25) is 0 Å². The van der Waals surface area contributed by atoms with E-state index in [1.54, 1.807) is 0 Å². The van der Waals surface area contributed by atoms with Gasteiger partial charge in [-0.05, 0) is 30.5 Å². The molecule has 3 heteroatoms. The maximum absolute atomic E-state index is 4.68. The van der Waals surface area contributed by atoms with E-state index in [0.717, 1.165) is 17.8 Å². The summed E-state index contributed by atoms with van der Waals surface area (Å²) in [5, 5.41) is 4.42. The molecule has 2 rings (SSSR count). The first-order valence-electron chi connectivity index (χ1n) is 6.34. The molecule has 0 atom stereocenters. The summed E-state index contributed by atoms with van der Waals surface area (Å²) in [7, 11) is 1.95. The van der Waals surface area contributed by atoms with Gasteiger partial charge in [0.2, 0.25) is 0 Å². The highest BCUT2D eigenvalue weighted by atomic mass is 32.1. The van der Waals surface area contributed by atoms with Crippen molar-refractivity contribution in [2.45, 2.75) is 27.2 Å². The first kappa shape index (κ1) is 13.1. The lowest BCUT2D eigenvalue weighted by Crippen LogP contribution is -1.92. The number of aromatic nitrogens is 1. The lowest BCUT2D eigenvalue weighted by molar-refractivity contribution is 0.643. The second-order valence-electron chi connectivity index (χ2n) is 4.95. The van der Waals surface area contributed by atoms with Crippen LogP contribution in [0.3, 0.4) is 0 Å². The van der Waals surface area contributed by atoms with E-state index in [2.05, 4.69) is 55.3 Å². The molecule has 0 bridgehead atoms. The number of nitrogens with zero attached hydrogens (tertiary/aromatic N) is 1. The molecule has 0 saturated heterocycles. The highest BCUT2D eigenvalue weighted by Crippen LogP contribution is 2.32. The summed E-state index contributed by atoms with van der Waals surface area (Å²) in [6.07, 6.45) is 1.07. The maximum atomic E-state index is 4.68. The minimum Gasteiger partial charge on any atom is -0.388 e. The van der Waals surface area contributed by atoms with Gasteiger partial charge in [-0.2, -0.15) is 0 Å². The molecule has 0 saturated carbocycles. The number of nitrogens with one attached hydrogen (secondary N) is 1. The van der Waals surface area contributed by atoms with Gasteiger partial charge in [-0.1, -0.05) is 26.0 Å². The van der Waals surface area contributed by atoms with Crippen molar-refractivity contribution in [3.05, 3.63) is 35.0 Å². The summed E-state index contributed by atoms with van der Waals surface area (Å²) in [5.74, 6) is 0.659. The standard InChI is InChI=1S/C15H20N2S/c1-10(2)8-14-17-11(3)15(18-14)12-6-5-7-13(9-12)16-4/h5-7,9-10,16H,8H2,1-4H3. The monoisotopic (exact) mass is 260 g/mol. The van der Waals surface area contributed by atoms with E-state index < -0.39 is 0 Å². The second-order valence-corrected chi connectivity index (χ2v) is 6.03. The summed E-state index contributed by atoms with van der Waals surface area (Å²) < 4.78 is 0. The number of benzene rings is 1. The van der Waals surface area contributed by atoms with Crippen LogP contribution < -0.4 is 5.32 Å². The Morgan fingerprint density at radius 3 is 2.78 bits per heavy atom. The van der Waals surface area contributed by atoms with Gasteiger partial charge in [0.1, 0.15) is 0 Å². The van der Waals surface area contributed by atoms with Crippen LogP contribution in [0, 0.1) is 12.8 Å². The zero-order valence-electron chi connectivity index (χ0n) is 11.4. The van der Waals surface area contributed by atoms with Crippen molar-refractivity contribution in [1.82, 2.24) is 4.98 Å². The summed E-state index contributed by atoms with van der Waals surface area (Å²) in [5.41, 5.74) is 3.54. The van der Waals surface area contributed by atoms with Crippen LogP contribution in [0.25, 0.3) is 10.4 Å². The first-order valence-corrected chi connectivity index (χ1v) is 7.16. The third-order valence-electron chi connectivity index (χ3n) is 2.84. The molecule has 0 aliphatic heterocycles. The molecule has 1 heterocycles. The van der Waals surface area contributed by atoms with Gasteiger partial charge in [-0.25, -0.2) is 4.98 Å². The van der Waals surface area contributed by atoms with Gasteiger partial charge < -0.3 is 5.32 Å². The number of aryl methyl sites for hydroxylation is 1. The van der Waals surface area contributed by atoms with Gasteiger partial charge >= 0.3 is 0 Å². The molecule has 0 radical (unpaired) electrons. The molecule has 0 amide bonds. The van der Waals surface area contributed by atoms with Gasteiger partial charge in [0.05, 0.1) is 15.6 Å². The van der Waals surface area contributed by atoms with Crippen molar-refractivity contribution in [2.75, 3.05) is 12.4 Å². The van der Waals surface area contributed by atoms with Crippen molar-refractivity contribution in [1.29, 1.82) is 0 Å². The van der Waals surface area contributed by atoms with Crippen molar-refractivity contribution < 1.29 is 0 Å².